The topological polar surface area (TPSA) is 12.4 Å². The van der Waals surface area contributed by atoms with E-state index < -0.39 is 0 Å². The van der Waals surface area contributed by atoms with Gasteiger partial charge in [-0.2, -0.15) is 0 Å². The smallest absolute Gasteiger partial charge is 0.0802 e. The van der Waals surface area contributed by atoms with Gasteiger partial charge in [-0.1, -0.05) is 0 Å². The maximum atomic E-state index is 4.49. The van der Waals surface area contributed by atoms with Gasteiger partial charge < -0.3 is 28.5 Å². The Labute approximate surface area is 104 Å². The molecule has 0 radical (unpaired) electrons. The van der Waals surface area contributed by atoms with E-state index in [0.717, 1.165) is 17.4 Å². The van der Waals surface area contributed by atoms with Gasteiger partial charge in [-0.15, -0.1) is 0 Å². The maximum Gasteiger partial charge on any atom is 0.0802 e. The molecule has 13 heavy (non-hydrogen) atoms. The van der Waals surface area contributed by atoms with Crippen molar-refractivity contribution >= 4 is 17.4 Å². The summed E-state index contributed by atoms with van der Waals surface area (Å²) < 4.78 is 1.13. The number of isothiocyanates is 1. The highest BCUT2D eigenvalue weighted by Gasteiger charge is 2.14. The molecule has 0 aliphatic carbocycles. The number of thiocarbonyl (C=S) groups is 1. The summed E-state index contributed by atoms with van der Waals surface area (Å²) in [5.41, 5.74) is 0. The van der Waals surface area contributed by atoms with Crippen LogP contribution in [0.5, 0.6) is 0 Å². The summed E-state index contributed by atoms with van der Waals surface area (Å²) in [5.74, 6) is 0. The molecule has 0 saturated carbocycles. The van der Waals surface area contributed by atoms with Crippen LogP contribution in [-0.2, 0) is 0 Å². The standard InChI is InChI=1S/C9H19N2S.HI/c1-4-11(3,5-2)8-6-7-10-9-12;/h4-8H2,1-3H3;1H/q+1;/p-1. The molecule has 0 amide bonds. The van der Waals surface area contributed by atoms with Crippen molar-refractivity contribution in [1.29, 1.82) is 0 Å². The monoisotopic (exact) mass is 314 g/mol. The number of rotatable bonds is 6. The van der Waals surface area contributed by atoms with Gasteiger partial charge in [-0.3, -0.25) is 0 Å². The van der Waals surface area contributed by atoms with E-state index in [-0.39, 0.29) is 24.0 Å². The molecule has 2 nitrogen and oxygen atoms in total. The van der Waals surface area contributed by atoms with Gasteiger partial charge in [0.2, 0.25) is 0 Å². The van der Waals surface area contributed by atoms with Crippen LogP contribution in [0.15, 0.2) is 4.99 Å². The molecule has 0 unspecified atom stereocenters. The first-order chi connectivity index (χ1) is 5.68. The molecule has 0 aromatic heterocycles. The summed E-state index contributed by atoms with van der Waals surface area (Å²) in [6.45, 7) is 8.86. The van der Waals surface area contributed by atoms with Crippen molar-refractivity contribution in [2.75, 3.05) is 33.2 Å². The maximum absolute atomic E-state index is 4.49. The highest BCUT2D eigenvalue weighted by Crippen LogP contribution is 2.02. The second-order valence-electron chi connectivity index (χ2n) is 3.30. The van der Waals surface area contributed by atoms with Gasteiger partial charge in [0.15, 0.2) is 0 Å². The third-order valence-electron chi connectivity index (χ3n) is 2.56. The summed E-state index contributed by atoms with van der Waals surface area (Å²) in [5, 5.41) is 2.39. The molecule has 0 aliphatic heterocycles. The third-order valence-corrected chi connectivity index (χ3v) is 2.69. The minimum absolute atomic E-state index is 0. The normalized spacial score (nSPS) is 10.1. The quantitative estimate of drug-likeness (QED) is 0.201. The first-order valence-electron chi connectivity index (χ1n) is 4.55. The molecule has 0 saturated heterocycles. The highest BCUT2D eigenvalue weighted by molar-refractivity contribution is 7.78. The molecule has 78 valence electrons. The van der Waals surface area contributed by atoms with Crippen molar-refractivity contribution in [3.05, 3.63) is 0 Å². The molecule has 0 atom stereocenters. The highest BCUT2D eigenvalue weighted by atomic mass is 127. The fourth-order valence-electron chi connectivity index (χ4n) is 1.12. The fraction of sp³-hybridized carbons (Fsp3) is 0.889. The first-order valence-corrected chi connectivity index (χ1v) is 4.96. The molecule has 0 aromatic carbocycles. The number of halogens is 1. The van der Waals surface area contributed by atoms with Crippen LogP contribution in [-0.4, -0.2) is 42.9 Å². The van der Waals surface area contributed by atoms with Gasteiger partial charge >= 0.3 is 0 Å². The molecule has 0 aliphatic rings. The van der Waals surface area contributed by atoms with Crippen molar-refractivity contribution in [3.63, 3.8) is 0 Å². The van der Waals surface area contributed by atoms with Crippen LogP contribution in [0.2, 0.25) is 0 Å². The zero-order chi connectivity index (χ0) is 9.45. The van der Waals surface area contributed by atoms with Crippen molar-refractivity contribution in [3.8, 4) is 0 Å². The number of hydrogen-bond acceptors (Lipinski definition) is 2. The molecule has 0 N–H and O–H groups in total. The van der Waals surface area contributed by atoms with Crippen LogP contribution in [0.4, 0.5) is 0 Å². The Morgan fingerprint density at radius 3 is 2.23 bits per heavy atom. The van der Waals surface area contributed by atoms with Crippen LogP contribution in [0.1, 0.15) is 20.3 Å². The van der Waals surface area contributed by atoms with E-state index in [1.54, 1.807) is 0 Å². The van der Waals surface area contributed by atoms with E-state index >= 15 is 0 Å². The van der Waals surface area contributed by atoms with E-state index in [9.17, 15) is 0 Å². The molecule has 0 fully saturated rings. The SMILES string of the molecule is CC[N+](C)(CC)CCCN=C=S.[I-]. The third kappa shape index (κ3) is 7.55. The van der Waals surface area contributed by atoms with Crippen LogP contribution in [0, 0.1) is 0 Å². The molecule has 4 heteroatoms. The number of nitrogens with zero attached hydrogens (tertiary/aromatic N) is 2. The largest absolute Gasteiger partial charge is 1.00 e. The summed E-state index contributed by atoms with van der Waals surface area (Å²) >= 11 is 4.49. The van der Waals surface area contributed by atoms with Crippen LogP contribution in [0.3, 0.4) is 0 Å². The Hall–Kier alpha value is 0.490. The Balaban J connectivity index is 0. The number of aliphatic imine (C=N–C) groups is 1. The fourth-order valence-corrected chi connectivity index (χ4v) is 1.21. The van der Waals surface area contributed by atoms with Gasteiger partial charge in [-0.05, 0) is 26.1 Å². The Bertz CT molecular complexity index is 163. The van der Waals surface area contributed by atoms with E-state index in [0.29, 0.717) is 0 Å². The van der Waals surface area contributed by atoms with E-state index in [1.807, 2.05) is 0 Å². The van der Waals surface area contributed by atoms with Crippen LogP contribution < -0.4 is 24.0 Å². The number of quaternary nitrogens is 1. The van der Waals surface area contributed by atoms with Crippen LogP contribution >= 0.6 is 12.2 Å². The van der Waals surface area contributed by atoms with Crippen molar-refractivity contribution in [2.24, 2.45) is 4.99 Å². The van der Waals surface area contributed by atoms with Crippen molar-refractivity contribution in [1.82, 2.24) is 0 Å². The summed E-state index contributed by atoms with van der Waals surface area (Å²) in [6, 6.07) is 0. The van der Waals surface area contributed by atoms with Crippen molar-refractivity contribution in [2.45, 2.75) is 20.3 Å². The van der Waals surface area contributed by atoms with Gasteiger partial charge in [0, 0.05) is 6.42 Å². The molecule has 0 spiro atoms. The average molecular weight is 314 g/mol. The molecule has 0 bridgehead atoms. The lowest BCUT2D eigenvalue weighted by molar-refractivity contribution is -0.906. The zero-order valence-electron chi connectivity index (χ0n) is 8.72. The summed E-state index contributed by atoms with van der Waals surface area (Å²) in [6.07, 6.45) is 1.11. The average Bonchev–Trinajstić information content (AvgIpc) is 2.12. The van der Waals surface area contributed by atoms with Crippen molar-refractivity contribution < 1.29 is 28.5 Å². The minimum atomic E-state index is 0. The second-order valence-corrected chi connectivity index (χ2v) is 3.48. The minimum Gasteiger partial charge on any atom is -1.00 e. The van der Waals surface area contributed by atoms with E-state index in [1.165, 1.54) is 19.6 Å². The predicted molar refractivity (Wildman–Crippen MR) is 56.6 cm³/mol. The number of hydrogen-bond donors (Lipinski definition) is 0. The van der Waals surface area contributed by atoms with E-state index in [4.69, 9.17) is 0 Å². The second kappa shape index (κ2) is 9.06. The zero-order valence-corrected chi connectivity index (χ0v) is 11.7. The Morgan fingerprint density at radius 1 is 1.31 bits per heavy atom. The lowest BCUT2D eigenvalue weighted by atomic mass is 10.3. The molecule has 0 aromatic rings. The van der Waals surface area contributed by atoms with Crippen LogP contribution in [0.25, 0.3) is 0 Å². The van der Waals surface area contributed by atoms with Gasteiger partial charge in [0.05, 0.1) is 38.4 Å². The van der Waals surface area contributed by atoms with Gasteiger partial charge in [-0.25, -0.2) is 4.99 Å². The van der Waals surface area contributed by atoms with Gasteiger partial charge in [0.1, 0.15) is 0 Å². The molecule has 0 rings (SSSR count). The summed E-state index contributed by atoms with van der Waals surface area (Å²) in [7, 11) is 2.28. The Kier molecular flexibility index (Phi) is 11.1. The lowest BCUT2D eigenvalue weighted by Crippen LogP contribution is -3.00. The van der Waals surface area contributed by atoms with E-state index in [2.05, 4.69) is 43.3 Å². The molecule has 0 heterocycles. The lowest BCUT2D eigenvalue weighted by Gasteiger charge is -2.31. The summed E-state index contributed by atoms with van der Waals surface area (Å²) in [4.78, 5) is 3.90. The predicted octanol–water partition coefficient (Wildman–Crippen LogP) is -1.03. The first kappa shape index (κ1) is 15.9. The van der Waals surface area contributed by atoms with Gasteiger partial charge in [0.25, 0.3) is 0 Å². The molecular weight excluding hydrogens is 295 g/mol. The Morgan fingerprint density at radius 2 is 1.85 bits per heavy atom. The molecular formula is C9H19IN2S.